The minimum atomic E-state index is -0.665. The Balaban J connectivity index is 2.18. The summed E-state index contributed by atoms with van der Waals surface area (Å²) in [6, 6.07) is 12.5. The van der Waals surface area contributed by atoms with Gasteiger partial charge in [0.2, 0.25) is 11.8 Å². The molecule has 32 heavy (non-hydrogen) atoms. The third-order valence-corrected chi connectivity index (χ3v) is 5.78. The van der Waals surface area contributed by atoms with Gasteiger partial charge in [0.25, 0.3) is 0 Å². The largest absolute Gasteiger partial charge is 0.497 e. The van der Waals surface area contributed by atoms with Crippen molar-refractivity contribution in [1.82, 2.24) is 10.6 Å². The Morgan fingerprint density at radius 1 is 0.938 bits per heavy atom. The van der Waals surface area contributed by atoms with Crippen molar-refractivity contribution < 1.29 is 19.1 Å². The normalized spacial score (nSPS) is 12.7. The van der Waals surface area contributed by atoms with E-state index < -0.39 is 6.04 Å². The first kappa shape index (κ1) is 25.6. The highest BCUT2D eigenvalue weighted by Gasteiger charge is 2.26. The molecule has 0 fully saturated rings. The van der Waals surface area contributed by atoms with Crippen molar-refractivity contribution in [2.24, 2.45) is 11.8 Å². The van der Waals surface area contributed by atoms with Crippen LogP contribution in [0.5, 0.6) is 11.5 Å². The Morgan fingerprint density at radius 3 is 2.09 bits per heavy atom. The number of carbonyl (C=O) groups is 2. The molecule has 0 saturated heterocycles. The molecule has 0 saturated carbocycles. The van der Waals surface area contributed by atoms with Crippen LogP contribution in [0.3, 0.4) is 0 Å². The lowest BCUT2D eigenvalue weighted by molar-refractivity contribution is -0.131. The van der Waals surface area contributed by atoms with E-state index in [1.165, 1.54) is 0 Å². The Hall–Kier alpha value is -2.67. The first-order valence-electron chi connectivity index (χ1n) is 10.8. The van der Waals surface area contributed by atoms with Gasteiger partial charge in [-0.15, -0.1) is 12.6 Å². The second kappa shape index (κ2) is 12.4. The highest BCUT2D eigenvalue weighted by Crippen LogP contribution is 2.26. The zero-order valence-electron chi connectivity index (χ0n) is 19.5. The summed E-state index contributed by atoms with van der Waals surface area (Å²) in [7, 11) is 4.79. The van der Waals surface area contributed by atoms with E-state index in [0.29, 0.717) is 25.2 Å². The van der Waals surface area contributed by atoms with Gasteiger partial charge in [-0.25, -0.2) is 0 Å². The molecule has 0 aliphatic rings. The molecule has 0 heterocycles. The summed E-state index contributed by atoms with van der Waals surface area (Å²) < 4.78 is 10.4. The van der Waals surface area contributed by atoms with Crippen LogP contribution in [0.2, 0.25) is 0 Å². The van der Waals surface area contributed by atoms with E-state index in [1.54, 1.807) is 21.3 Å². The Kier molecular flexibility index (Phi) is 9.91. The predicted molar refractivity (Wildman–Crippen MR) is 130 cm³/mol. The molecule has 1 unspecified atom stereocenters. The minimum Gasteiger partial charge on any atom is -0.497 e. The average Bonchev–Trinajstić information content (AvgIpc) is 2.78. The molecule has 2 N–H and O–H groups in total. The Bertz CT molecular complexity index is 899. The number of nitrogens with one attached hydrogen (secondary N) is 2. The molecule has 2 aromatic rings. The average molecular weight is 459 g/mol. The van der Waals surface area contributed by atoms with Crippen LogP contribution >= 0.6 is 12.6 Å². The van der Waals surface area contributed by atoms with E-state index in [-0.39, 0.29) is 17.7 Å². The summed E-state index contributed by atoms with van der Waals surface area (Å²) in [6.07, 6.45) is 1.63. The van der Waals surface area contributed by atoms with Crippen LogP contribution in [-0.4, -0.2) is 39.1 Å². The van der Waals surface area contributed by atoms with Crippen LogP contribution in [-0.2, 0) is 22.4 Å². The fourth-order valence-electron chi connectivity index (χ4n) is 3.63. The van der Waals surface area contributed by atoms with Gasteiger partial charge >= 0.3 is 0 Å². The summed E-state index contributed by atoms with van der Waals surface area (Å²) in [5.41, 5.74) is 1.91. The maximum absolute atomic E-state index is 13.3. The van der Waals surface area contributed by atoms with Gasteiger partial charge in [-0.1, -0.05) is 32.0 Å². The minimum absolute atomic E-state index is 0.135. The van der Waals surface area contributed by atoms with Gasteiger partial charge in [-0.05, 0) is 54.2 Å². The SMILES string of the molecule is CNC(=O)[C@H](Cc1ccc(OC)cc1)NC(=O)C(Cc1ccc(OC)cc1S)CC(C)C. The molecule has 0 bridgehead atoms. The molecule has 2 rings (SSSR count). The predicted octanol–water partition coefficient (Wildman–Crippen LogP) is 3.67. The smallest absolute Gasteiger partial charge is 0.242 e. The molecular weight excluding hydrogens is 424 g/mol. The molecule has 174 valence electrons. The molecule has 0 aromatic heterocycles. The third kappa shape index (κ3) is 7.48. The second-order valence-corrected chi connectivity index (χ2v) is 8.73. The standard InChI is InChI=1S/C25H34N2O4S/c1-16(2)12-19(14-18-8-11-21(31-5)15-23(18)32)24(28)27-22(25(29)26-3)13-17-6-9-20(30-4)10-7-17/h6-11,15-16,19,22,32H,12-14H2,1-5H3,(H,26,29)(H,27,28)/t19?,22-/m0/s1. The van der Waals surface area contributed by atoms with Crippen molar-refractivity contribution in [1.29, 1.82) is 0 Å². The fraction of sp³-hybridized carbons (Fsp3) is 0.440. The maximum atomic E-state index is 13.3. The quantitative estimate of drug-likeness (QED) is 0.449. The van der Waals surface area contributed by atoms with Gasteiger partial charge in [0.1, 0.15) is 17.5 Å². The van der Waals surface area contributed by atoms with Crippen LogP contribution in [0.1, 0.15) is 31.4 Å². The number of amides is 2. The molecule has 2 atom stereocenters. The zero-order valence-corrected chi connectivity index (χ0v) is 20.4. The van der Waals surface area contributed by atoms with E-state index in [4.69, 9.17) is 9.47 Å². The molecule has 0 aliphatic heterocycles. The molecule has 0 spiro atoms. The summed E-state index contributed by atoms with van der Waals surface area (Å²) in [5, 5.41) is 5.64. The van der Waals surface area contributed by atoms with Crippen LogP contribution in [0.4, 0.5) is 0 Å². The van der Waals surface area contributed by atoms with Gasteiger partial charge < -0.3 is 20.1 Å². The number of carbonyl (C=O) groups excluding carboxylic acids is 2. The first-order valence-corrected chi connectivity index (χ1v) is 11.2. The van der Waals surface area contributed by atoms with Crippen molar-refractivity contribution in [2.75, 3.05) is 21.3 Å². The van der Waals surface area contributed by atoms with E-state index in [9.17, 15) is 9.59 Å². The van der Waals surface area contributed by atoms with Crippen LogP contribution < -0.4 is 20.1 Å². The first-order chi connectivity index (χ1) is 15.3. The topological polar surface area (TPSA) is 76.7 Å². The van der Waals surface area contributed by atoms with Gasteiger partial charge in [0.15, 0.2) is 0 Å². The molecule has 0 radical (unpaired) electrons. The fourth-order valence-corrected chi connectivity index (χ4v) is 3.92. The van der Waals surface area contributed by atoms with Crippen molar-refractivity contribution in [3.05, 3.63) is 53.6 Å². The molecule has 2 amide bonds. The van der Waals surface area contributed by atoms with E-state index in [1.807, 2.05) is 42.5 Å². The number of rotatable bonds is 11. The Labute approximate surface area is 196 Å². The van der Waals surface area contributed by atoms with Crippen molar-refractivity contribution in [3.8, 4) is 11.5 Å². The van der Waals surface area contributed by atoms with E-state index in [0.717, 1.165) is 27.5 Å². The second-order valence-electron chi connectivity index (χ2n) is 8.25. The Morgan fingerprint density at radius 2 is 1.56 bits per heavy atom. The lowest BCUT2D eigenvalue weighted by atomic mass is 9.89. The van der Waals surface area contributed by atoms with Gasteiger partial charge in [-0.3, -0.25) is 9.59 Å². The van der Waals surface area contributed by atoms with Crippen LogP contribution in [0.15, 0.2) is 47.4 Å². The third-order valence-electron chi connectivity index (χ3n) is 5.36. The number of hydrogen-bond acceptors (Lipinski definition) is 5. The number of hydrogen-bond donors (Lipinski definition) is 3. The summed E-state index contributed by atoms with van der Waals surface area (Å²) in [6.45, 7) is 4.17. The molecule has 7 heteroatoms. The zero-order chi connectivity index (χ0) is 23.7. The van der Waals surface area contributed by atoms with Crippen LogP contribution in [0, 0.1) is 11.8 Å². The van der Waals surface area contributed by atoms with Gasteiger partial charge in [0.05, 0.1) is 14.2 Å². The van der Waals surface area contributed by atoms with E-state index in [2.05, 4.69) is 37.1 Å². The highest BCUT2D eigenvalue weighted by atomic mass is 32.1. The molecule has 0 aliphatic carbocycles. The number of methoxy groups -OCH3 is 2. The van der Waals surface area contributed by atoms with Crippen molar-refractivity contribution in [3.63, 3.8) is 0 Å². The van der Waals surface area contributed by atoms with E-state index >= 15 is 0 Å². The number of benzene rings is 2. The number of ether oxygens (including phenoxy) is 2. The van der Waals surface area contributed by atoms with Crippen LogP contribution in [0.25, 0.3) is 0 Å². The maximum Gasteiger partial charge on any atom is 0.242 e. The lowest BCUT2D eigenvalue weighted by Crippen LogP contribution is -2.49. The van der Waals surface area contributed by atoms with Gasteiger partial charge in [0, 0.05) is 24.3 Å². The molecule has 6 nitrogen and oxygen atoms in total. The van der Waals surface area contributed by atoms with Crippen molar-refractivity contribution in [2.45, 2.75) is 44.0 Å². The van der Waals surface area contributed by atoms with Crippen molar-refractivity contribution >= 4 is 24.4 Å². The summed E-state index contributed by atoms with van der Waals surface area (Å²) in [4.78, 5) is 26.6. The summed E-state index contributed by atoms with van der Waals surface area (Å²) in [5.74, 6) is 1.15. The molecule has 2 aromatic carbocycles. The molecular formula is C25H34N2O4S. The monoisotopic (exact) mass is 458 g/mol. The highest BCUT2D eigenvalue weighted by molar-refractivity contribution is 7.80. The van der Waals surface area contributed by atoms with Gasteiger partial charge in [-0.2, -0.15) is 0 Å². The number of likely N-dealkylation sites (N-methyl/N-ethyl adjacent to an activating group) is 1. The summed E-state index contributed by atoms with van der Waals surface area (Å²) >= 11 is 4.57. The lowest BCUT2D eigenvalue weighted by Gasteiger charge is -2.24. The number of thiol groups is 1.